The molecule has 1 aromatic carbocycles. The summed E-state index contributed by atoms with van der Waals surface area (Å²) in [4.78, 5) is 25.4. The third kappa shape index (κ3) is 4.34. The lowest BCUT2D eigenvalue weighted by Crippen LogP contribution is -2.48. The van der Waals surface area contributed by atoms with Gasteiger partial charge in [0, 0.05) is 24.2 Å². The van der Waals surface area contributed by atoms with Gasteiger partial charge in [0.15, 0.2) is 0 Å². The molecule has 2 atom stereocenters. The Balaban J connectivity index is 1.42. The van der Waals surface area contributed by atoms with Gasteiger partial charge in [0.05, 0.1) is 5.69 Å². The van der Waals surface area contributed by atoms with E-state index in [2.05, 4.69) is 25.9 Å². The summed E-state index contributed by atoms with van der Waals surface area (Å²) in [5, 5.41) is 29.9. The molecule has 2 aromatic rings. The van der Waals surface area contributed by atoms with Crippen molar-refractivity contribution >= 4 is 29.6 Å². The van der Waals surface area contributed by atoms with Gasteiger partial charge < -0.3 is 10.4 Å². The smallest absolute Gasteiger partial charge is 0.272 e. The lowest BCUT2D eigenvalue weighted by molar-refractivity contribution is -0.147. The van der Waals surface area contributed by atoms with E-state index >= 15 is 0 Å². The van der Waals surface area contributed by atoms with E-state index in [-0.39, 0.29) is 24.3 Å². The molecule has 4 rings (SSSR count). The summed E-state index contributed by atoms with van der Waals surface area (Å²) in [6.45, 7) is 2.20. The number of rotatable bonds is 7. The van der Waals surface area contributed by atoms with Gasteiger partial charge >= 0.3 is 0 Å². The Hall–Kier alpha value is -2.85. The number of nitrogens with one attached hydrogen (secondary N) is 1. The Morgan fingerprint density at radius 1 is 1.40 bits per heavy atom. The van der Waals surface area contributed by atoms with Crippen molar-refractivity contribution in [1.82, 2.24) is 30.5 Å². The average molecular weight is 432 g/mol. The molecule has 0 radical (unpaired) electrons. The van der Waals surface area contributed by atoms with E-state index in [1.165, 1.54) is 17.2 Å². The molecule has 158 valence electrons. The Morgan fingerprint density at radius 3 is 2.90 bits per heavy atom. The van der Waals surface area contributed by atoms with Crippen LogP contribution in [0, 0.1) is 5.41 Å². The van der Waals surface area contributed by atoms with Gasteiger partial charge in [-0.15, -0.1) is 5.10 Å². The van der Waals surface area contributed by atoms with Gasteiger partial charge in [0.1, 0.15) is 18.5 Å². The standard InChI is InChI=1S/C19H22ClN7O3/c1-19(5-6-19)9-16(28)18(30)27-15(4-7-23-27)17(29)21-10-12-8-13(20)2-3-14(12)26-11-22-24-25-26/h2-3,7-8,11,15-16,28H,4-6,9-10H2,1H3,(H,21,29)/t15-,16+/m0/s1. The predicted octanol–water partition coefficient (Wildman–Crippen LogP) is 1.07. The molecule has 1 saturated carbocycles. The Labute approximate surface area is 177 Å². The van der Waals surface area contributed by atoms with Crippen molar-refractivity contribution in [3.05, 3.63) is 35.1 Å². The van der Waals surface area contributed by atoms with E-state index in [0.717, 1.165) is 17.9 Å². The van der Waals surface area contributed by atoms with Gasteiger partial charge in [-0.2, -0.15) is 5.10 Å². The van der Waals surface area contributed by atoms with E-state index in [9.17, 15) is 14.7 Å². The second kappa shape index (κ2) is 8.11. The van der Waals surface area contributed by atoms with Crippen LogP contribution in [0.4, 0.5) is 0 Å². The van der Waals surface area contributed by atoms with Crippen LogP contribution in [-0.2, 0) is 16.1 Å². The van der Waals surface area contributed by atoms with Gasteiger partial charge in [-0.3, -0.25) is 9.59 Å². The molecular weight excluding hydrogens is 410 g/mol. The van der Waals surface area contributed by atoms with Crippen LogP contribution in [0.2, 0.25) is 5.02 Å². The van der Waals surface area contributed by atoms with E-state index in [1.807, 2.05) is 6.92 Å². The lowest BCUT2D eigenvalue weighted by atomic mass is 10.00. The molecule has 1 fully saturated rings. The maximum absolute atomic E-state index is 12.8. The number of nitrogens with zero attached hydrogens (tertiary/aromatic N) is 6. The van der Waals surface area contributed by atoms with E-state index in [4.69, 9.17) is 11.6 Å². The van der Waals surface area contributed by atoms with Crippen molar-refractivity contribution in [3.63, 3.8) is 0 Å². The van der Waals surface area contributed by atoms with Crippen molar-refractivity contribution in [2.45, 2.75) is 51.3 Å². The minimum absolute atomic E-state index is 0.00939. The molecule has 1 aliphatic carbocycles. The summed E-state index contributed by atoms with van der Waals surface area (Å²) in [6, 6.07) is 4.38. The van der Waals surface area contributed by atoms with Crippen LogP contribution in [0.3, 0.4) is 0 Å². The number of aliphatic hydroxyl groups is 1. The van der Waals surface area contributed by atoms with Gasteiger partial charge in [0.2, 0.25) is 5.91 Å². The highest BCUT2D eigenvalue weighted by Gasteiger charge is 2.43. The number of tetrazole rings is 1. The molecule has 0 unspecified atom stereocenters. The SMILES string of the molecule is CC1(C[C@@H](O)C(=O)N2N=CC[C@H]2C(=O)NCc2cc(Cl)ccc2-n2cnnn2)CC1. The number of hydrogen-bond acceptors (Lipinski definition) is 7. The number of hydrogen-bond donors (Lipinski definition) is 2. The second-order valence-electron chi connectivity index (χ2n) is 8.01. The van der Waals surface area contributed by atoms with E-state index in [0.29, 0.717) is 22.7 Å². The summed E-state index contributed by atoms with van der Waals surface area (Å²) in [6.07, 6.45) is 4.45. The summed E-state index contributed by atoms with van der Waals surface area (Å²) in [5.41, 5.74) is 1.39. The predicted molar refractivity (Wildman–Crippen MR) is 108 cm³/mol. The first-order chi connectivity index (χ1) is 14.4. The van der Waals surface area contributed by atoms with Crippen LogP contribution in [0.5, 0.6) is 0 Å². The molecule has 2 amide bonds. The summed E-state index contributed by atoms with van der Waals surface area (Å²) < 4.78 is 1.47. The zero-order valence-electron chi connectivity index (χ0n) is 16.4. The Morgan fingerprint density at radius 2 is 2.20 bits per heavy atom. The monoisotopic (exact) mass is 431 g/mol. The first-order valence-corrected chi connectivity index (χ1v) is 10.1. The van der Waals surface area contributed by atoms with Crippen molar-refractivity contribution in [1.29, 1.82) is 0 Å². The van der Waals surface area contributed by atoms with Crippen molar-refractivity contribution in [3.8, 4) is 5.69 Å². The largest absolute Gasteiger partial charge is 0.383 e. The van der Waals surface area contributed by atoms with Crippen molar-refractivity contribution < 1.29 is 14.7 Å². The molecule has 11 heteroatoms. The molecule has 10 nitrogen and oxygen atoms in total. The van der Waals surface area contributed by atoms with Gasteiger partial charge in [-0.25, -0.2) is 9.69 Å². The fourth-order valence-corrected chi connectivity index (χ4v) is 3.65. The van der Waals surface area contributed by atoms with E-state index < -0.39 is 18.1 Å². The zero-order chi connectivity index (χ0) is 21.3. The van der Waals surface area contributed by atoms with Crippen LogP contribution >= 0.6 is 11.6 Å². The number of benzene rings is 1. The normalized spacial score (nSPS) is 20.2. The Bertz CT molecular complexity index is 975. The van der Waals surface area contributed by atoms with Gasteiger partial charge in [0.25, 0.3) is 5.91 Å². The zero-order valence-corrected chi connectivity index (χ0v) is 17.2. The quantitative estimate of drug-likeness (QED) is 0.675. The molecule has 2 heterocycles. The van der Waals surface area contributed by atoms with Crippen LogP contribution < -0.4 is 5.32 Å². The number of aromatic nitrogens is 4. The third-order valence-corrected chi connectivity index (χ3v) is 5.76. The van der Waals surface area contributed by atoms with Crippen LogP contribution in [0.25, 0.3) is 5.69 Å². The highest BCUT2D eigenvalue weighted by Crippen LogP contribution is 2.49. The lowest BCUT2D eigenvalue weighted by Gasteiger charge is -2.24. The number of hydrazone groups is 1. The van der Waals surface area contributed by atoms with Crippen LogP contribution in [-0.4, -0.2) is 60.5 Å². The maximum Gasteiger partial charge on any atom is 0.272 e. The molecule has 0 bridgehead atoms. The van der Waals surface area contributed by atoms with Gasteiger partial charge in [-0.05, 0) is 58.9 Å². The molecule has 0 saturated heterocycles. The van der Waals surface area contributed by atoms with Crippen molar-refractivity contribution in [2.24, 2.45) is 10.5 Å². The number of carbonyl (C=O) groups is 2. The number of aliphatic hydroxyl groups excluding tert-OH is 1. The number of halogens is 1. The molecule has 30 heavy (non-hydrogen) atoms. The van der Waals surface area contributed by atoms with Crippen LogP contribution in [0.1, 0.15) is 38.2 Å². The van der Waals surface area contributed by atoms with Gasteiger partial charge in [-0.1, -0.05) is 18.5 Å². The highest BCUT2D eigenvalue weighted by molar-refractivity contribution is 6.30. The summed E-state index contributed by atoms with van der Waals surface area (Å²) in [7, 11) is 0. The first-order valence-electron chi connectivity index (χ1n) is 9.69. The minimum atomic E-state index is -1.16. The van der Waals surface area contributed by atoms with Crippen molar-refractivity contribution in [2.75, 3.05) is 0 Å². The third-order valence-electron chi connectivity index (χ3n) is 5.52. The fourth-order valence-electron chi connectivity index (χ4n) is 3.46. The molecule has 1 aromatic heterocycles. The topological polar surface area (TPSA) is 126 Å². The molecule has 2 aliphatic rings. The minimum Gasteiger partial charge on any atom is -0.383 e. The summed E-state index contributed by atoms with van der Waals surface area (Å²) in [5.74, 6) is -0.914. The fraction of sp³-hybridized carbons (Fsp3) is 0.474. The van der Waals surface area contributed by atoms with E-state index in [1.54, 1.807) is 18.2 Å². The molecular formula is C19H22ClN7O3. The molecule has 0 spiro atoms. The molecule has 2 N–H and O–H groups in total. The highest BCUT2D eigenvalue weighted by atomic mass is 35.5. The molecule has 1 aliphatic heterocycles. The van der Waals surface area contributed by atoms with Crippen LogP contribution in [0.15, 0.2) is 29.6 Å². The first kappa shape index (κ1) is 20.4. The average Bonchev–Trinajstić information content (AvgIpc) is 3.15. The Kier molecular flexibility index (Phi) is 5.52. The number of carbonyl (C=O) groups excluding carboxylic acids is 2. The summed E-state index contributed by atoms with van der Waals surface area (Å²) >= 11 is 6.10. The maximum atomic E-state index is 12.8. The number of amides is 2. The second-order valence-corrected chi connectivity index (χ2v) is 8.44.